The highest BCUT2D eigenvalue weighted by Gasteiger charge is 2.25. The number of cyclic esters (lactones) is 1. The lowest BCUT2D eigenvalue weighted by Crippen LogP contribution is -2.06. The van der Waals surface area contributed by atoms with Crippen LogP contribution in [0.25, 0.3) is 6.08 Å². The van der Waals surface area contributed by atoms with Crippen LogP contribution in [0.1, 0.15) is 23.6 Å². The minimum atomic E-state index is -0.649. The number of ether oxygens (including phenoxy) is 3. The smallest absolute Gasteiger partial charge is 0.363 e. The van der Waals surface area contributed by atoms with Crippen molar-refractivity contribution in [3.8, 4) is 11.5 Å². The van der Waals surface area contributed by atoms with Gasteiger partial charge in [-0.2, -0.15) is 0 Å². The van der Waals surface area contributed by atoms with E-state index in [1.54, 1.807) is 24.3 Å². The first-order chi connectivity index (χ1) is 16.9. The normalized spacial score (nSPS) is 13.9. The number of benzene rings is 3. The van der Waals surface area contributed by atoms with Gasteiger partial charge in [0.15, 0.2) is 17.2 Å². The molecule has 1 aliphatic rings. The zero-order valence-corrected chi connectivity index (χ0v) is 20.4. The Hall–Kier alpha value is -3.98. The van der Waals surface area contributed by atoms with Crippen molar-refractivity contribution in [3.63, 3.8) is 0 Å². The molecule has 4 rings (SSSR count). The summed E-state index contributed by atoms with van der Waals surface area (Å²) in [4.78, 5) is 27.2. The molecule has 0 saturated carbocycles. The number of halogens is 1. The minimum absolute atomic E-state index is 0.00918. The van der Waals surface area contributed by atoms with E-state index >= 15 is 0 Å². The number of aliphatic imine (C=N–C) groups is 1. The fourth-order valence-corrected chi connectivity index (χ4v) is 4.01. The number of hydrogen-bond donors (Lipinski definition) is 0. The van der Waals surface area contributed by atoms with Crippen LogP contribution in [-0.2, 0) is 16.0 Å². The topological polar surface area (TPSA) is 100 Å². The van der Waals surface area contributed by atoms with Gasteiger partial charge in [0, 0.05) is 24.1 Å². The largest absolute Gasteiger partial charge is 0.490 e. The predicted octanol–water partition coefficient (Wildman–Crippen LogP) is 5.72. The Morgan fingerprint density at radius 1 is 1.09 bits per heavy atom. The van der Waals surface area contributed by atoms with Crippen molar-refractivity contribution in [2.24, 2.45) is 4.99 Å². The Morgan fingerprint density at radius 2 is 1.89 bits per heavy atom. The van der Waals surface area contributed by atoms with Gasteiger partial charge in [-0.3, -0.25) is 10.1 Å². The molecular weight excluding hydrogens is 516 g/mol. The highest BCUT2D eigenvalue weighted by Crippen LogP contribution is 2.38. The molecule has 1 heterocycles. The molecule has 0 atom stereocenters. The molecule has 0 saturated heterocycles. The summed E-state index contributed by atoms with van der Waals surface area (Å²) in [7, 11) is 0. The van der Waals surface area contributed by atoms with Crippen LogP contribution in [0.4, 0.5) is 5.69 Å². The highest BCUT2D eigenvalue weighted by atomic mass is 79.9. The molecule has 8 nitrogen and oxygen atoms in total. The van der Waals surface area contributed by atoms with Crippen molar-refractivity contribution in [2.45, 2.75) is 13.3 Å². The number of esters is 1. The van der Waals surface area contributed by atoms with E-state index in [2.05, 4.69) is 20.9 Å². The third-order valence-electron chi connectivity index (χ3n) is 5.04. The molecule has 0 radical (unpaired) electrons. The first-order valence-electron chi connectivity index (χ1n) is 10.8. The van der Waals surface area contributed by atoms with Crippen LogP contribution >= 0.6 is 15.9 Å². The molecule has 0 unspecified atom stereocenters. The predicted molar refractivity (Wildman–Crippen MR) is 135 cm³/mol. The minimum Gasteiger partial charge on any atom is -0.490 e. The summed E-state index contributed by atoms with van der Waals surface area (Å²) in [5.41, 5.74) is 2.10. The third-order valence-corrected chi connectivity index (χ3v) is 5.63. The Bertz CT molecular complexity index is 1320. The first kappa shape index (κ1) is 24.2. The second-order valence-corrected chi connectivity index (χ2v) is 8.34. The summed E-state index contributed by atoms with van der Waals surface area (Å²) in [5.74, 6) is 0.453. The highest BCUT2D eigenvalue weighted by molar-refractivity contribution is 9.10. The first-order valence-corrected chi connectivity index (χ1v) is 11.6. The van der Waals surface area contributed by atoms with Gasteiger partial charge >= 0.3 is 5.97 Å². The number of nitro benzene ring substituents is 1. The number of carbonyl (C=O) groups excluding carboxylic acids is 1. The van der Waals surface area contributed by atoms with Gasteiger partial charge < -0.3 is 14.2 Å². The maximum Gasteiger partial charge on any atom is 0.363 e. The van der Waals surface area contributed by atoms with E-state index in [4.69, 9.17) is 14.2 Å². The van der Waals surface area contributed by atoms with Gasteiger partial charge in [-0.1, -0.05) is 36.4 Å². The number of nitro groups is 1. The molecule has 35 heavy (non-hydrogen) atoms. The maximum absolute atomic E-state index is 12.4. The molecule has 0 aliphatic carbocycles. The van der Waals surface area contributed by atoms with Crippen molar-refractivity contribution in [1.82, 2.24) is 0 Å². The molecule has 0 amide bonds. The summed E-state index contributed by atoms with van der Waals surface area (Å²) in [6.45, 7) is 2.77. The van der Waals surface area contributed by atoms with Gasteiger partial charge in [-0.15, -0.1) is 0 Å². The van der Waals surface area contributed by atoms with E-state index in [1.807, 2.05) is 37.3 Å². The lowest BCUT2D eigenvalue weighted by Gasteiger charge is -2.15. The van der Waals surface area contributed by atoms with E-state index in [0.29, 0.717) is 40.3 Å². The van der Waals surface area contributed by atoms with Crippen LogP contribution in [0.5, 0.6) is 11.5 Å². The zero-order valence-electron chi connectivity index (χ0n) is 18.8. The third kappa shape index (κ3) is 5.93. The maximum atomic E-state index is 12.4. The number of non-ortho nitro benzene ring substituents is 1. The van der Waals surface area contributed by atoms with Gasteiger partial charge in [0.2, 0.25) is 5.90 Å². The number of rotatable bonds is 9. The second kappa shape index (κ2) is 11.0. The van der Waals surface area contributed by atoms with Crippen molar-refractivity contribution in [3.05, 3.63) is 104 Å². The Morgan fingerprint density at radius 3 is 2.63 bits per heavy atom. The van der Waals surface area contributed by atoms with Crippen molar-refractivity contribution in [1.29, 1.82) is 0 Å². The Balaban J connectivity index is 1.57. The lowest BCUT2D eigenvalue weighted by molar-refractivity contribution is -0.384. The summed E-state index contributed by atoms with van der Waals surface area (Å²) < 4.78 is 17.7. The fourth-order valence-electron chi connectivity index (χ4n) is 3.43. The van der Waals surface area contributed by atoms with E-state index in [1.165, 1.54) is 23.8 Å². The number of nitrogens with zero attached hydrogens (tertiary/aromatic N) is 2. The molecule has 1 aliphatic heterocycles. The number of hydrogen-bond acceptors (Lipinski definition) is 7. The molecule has 0 fully saturated rings. The van der Waals surface area contributed by atoms with Crippen LogP contribution < -0.4 is 9.47 Å². The lowest BCUT2D eigenvalue weighted by atomic mass is 10.1. The van der Waals surface area contributed by atoms with Gasteiger partial charge in [0.05, 0.1) is 22.6 Å². The molecule has 0 N–H and O–H groups in total. The Kier molecular flexibility index (Phi) is 7.57. The quantitative estimate of drug-likeness (QED) is 0.150. The van der Waals surface area contributed by atoms with Crippen LogP contribution in [0, 0.1) is 10.1 Å². The zero-order chi connectivity index (χ0) is 24.8. The molecule has 3 aromatic rings. The Labute approximate surface area is 210 Å². The summed E-state index contributed by atoms with van der Waals surface area (Å²) >= 11 is 3.54. The summed E-state index contributed by atoms with van der Waals surface area (Å²) in [6.07, 6.45) is 2.30. The molecule has 0 bridgehead atoms. The SMILES string of the molecule is CCOc1cc(/C=C2\N=C(c3cccc([N+](=O)[O-])c3)OC2=O)cc(Br)c1OCCc1ccccc1. The van der Waals surface area contributed by atoms with Gasteiger partial charge in [0.25, 0.3) is 5.69 Å². The molecule has 3 aromatic carbocycles. The standard InChI is InChI=1S/C26H21BrN2O6/c1-2-33-23-15-18(13-21(27)24(23)34-12-11-17-7-4-3-5-8-17)14-22-26(30)35-25(28-22)19-9-6-10-20(16-19)29(31)32/h3-10,13-16H,2,11-12H2,1H3/b22-14-. The average molecular weight is 537 g/mol. The van der Waals surface area contributed by atoms with Crippen molar-refractivity contribution in [2.75, 3.05) is 13.2 Å². The average Bonchev–Trinajstić information content (AvgIpc) is 3.21. The van der Waals surface area contributed by atoms with E-state index in [9.17, 15) is 14.9 Å². The monoisotopic (exact) mass is 536 g/mol. The molecule has 178 valence electrons. The van der Waals surface area contributed by atoms with Crippen LogP contribution in [0.3, 0.4) is 0 Å². The second-order valence-electron chi connectivity index (χ2n) is 7.49. The fraction of sp³-hybridized carbons (Fsp3) is 0.154. The molecule has 9 heteroatoms. The van der Waals surface area contributed by atoms with Gasteiger partial charge in [-0.05, 0) is 58.3 Å². The van der Waals surface area contributed by atoms with Crippen LogP contribution in [0.15, 0.2) is 81.9 Å². The van der Waals surface area contributed by atoms with Crippen molar-refractivity contribution >= 4 is 39.6 Å². The number of carbonyl (C=O) groups is 1. The van der Waals surface area contributed by atoms with Crippen molar-refractivity contribution < 1.29 is 23.9 Å². The van der Waals surface area contributed by atoms with Gasteiger partial charge in [0.1, 0.15) is 0 Å². The molecule has 0 aromatic heterocycles. The van der Waals surface area contributed by atoms with E-state index in [-0.39, 0.29) is 17.3 Å². The van der Waals surface area contributed by atoms with E-state index in [0.717, 1.165) is 6.42 Å². The van der Waals surface area contributed by atoms with E-state index < -0.39 is 10.9 Å². The van der Waals surface area contributed by atoms with Crippen LogP contribution in [0.2, 0.25) is 0 Å². The molecular formula is C26H21BrN2O6. The van der Waals surface area contributed by atoms with Gasteiger partial charge in [-0.25, -0.2) is 9.79 Å². The molecule has 0 spiro atoms. The summed E-state index contributed by atoms with van der Waals surface area (Å²) in [6, 6.07) is 19.3. The summed E-state index contributed by atoms with van der Waals surface area (Å²) in [5, 5.41) is 11.0. The van der Waals surface area contributed by atoms with Crippen LogP contribution in [-0.4, -0.2) is 30.0 Å².